The van der Waals surface area contributed by atoms with Crippen LogP contribution in [0.5, 0.6) is 0 Å². The summed E-state index contributed by atoms with van der Waals surface area (Å²) < 4.78 is 0. The lowest BCUT2D eigenvalue weighted by atomic mass is 9.90. The van der Waals surface area contributed by atoms with E-state index in [0.717, 1.165) is 45.1 Å². The molecule has 4 N–H and O–H groups in total. The van der Waals surface area contributed by atoms with Gasteiger partial charge in [0.05, 0.1) is 6.10 Å². The number of nitrogens with two attached hydrogens (primary N) is 1. The average Bonchev–Trinajstić information content (AvgIpc) is 2.79. The molecule has 3 rings (SSSR count). The van der Waals surface area contributed by atoms with E-state index in [1.807, 2.05) is 0 Å². The molecule has 0 aliphatic carbocycles. The molecule has 2 aromatic rings. The molecule has 36 heavy (non-hydrogen) atoms. The van der Waals surface area contributed by atoms with Crippen molar-refractivity contribution in [2.45, 2.75) is 111 Å². The van der Waals surface area contributed by atoms with Crippen molar-refractivity contribution in [3.63, 3.8) is 0 Å². The van der Waals surface area contributed by atoms with Crippen LogP contribution in [0.3, 0.4) is 0 Å². The molecule has 2 aromatic carbocycles. The number of aryl methyl sites for hydroxylation is 6. The van der Waals surface area contributed by atoms with E-state index in [-0.39, 0.29) is 0 Å². The molecule has 1 aliphatic heterocycles. The molecular weight excluding hydrogens is 442 g/mol. The second kappa shape index (κ2) is 13.2. The van der Waals surface area contributed by atoms with E-state index in [0.29, 0.717) is 31.2 Å². The Morgan fingerprint density at radius 2 is 1.36 bits per heavy atom. The summed E-state index contributed by atoms with van der Waals surface area (Å²) in [6.45, 7) is 17.8. The van der Waals surface area contributed by atoms with Crippen LogP contribution in [0.1, 0.15) is 77.1 Å². The van der Waals surface area contributed by atoms with Crippen molar-refractivity contribution in [3.05, 3.63) is 68.8 Å². The standard InChI is InChI=1S/C32H51N3O/c1-21-14-23(3)31(24(4)15-21)10-8-28(9-11-32-25(5)16-22(2)17-26(32)6)34-29-12-13-35(27(7)18-29)20-30(36)19-33/h14-17,27-30,34,36H,8-13,18-20,33H2,1-7H3. The van der Waals surface area contributed by atoms with Gasteiger partial charge < -0.3 is 16.2 Å². The molecule has 1 fully saturated rings. The van der Waals surface area contributed by atoms with Gasteiger partial charge in [-0.25, -0.2) is 0 Å². The first-order valence-corrected chi connectivity index (χ1v) is 14.1. The van der Waals surface area contributed by atoms with E-state index in [2.05, 4.69) is 82.9 Å². The van der Waals surface area contributed by atoms with Crippen LogP contribution < -0.4 is 11.1 Å². The van der Waals surface area contributed by atoms with Gasteiger partial charge in [0.2, 0.25) is 0 Å². The van der Waals surface area contributed by atoms with E-state index in [9.17, 15) is 5.11 Å². The molecular formula is C32H51N3O. The highest BCUT2D eigenvalue weighted by atomic mass is 16.3. The Kier molecular flexibility index (Phi) is 10.6. The lowest BCUT2D eigenvalue weighted by Gasteiger charge is -2.40. The van der Waals surface area contributed by atoms with Crippen molar-refractivity contribution >= 4 is 0 Å². The number of hydrogen-bond acceptors (Lipinski definition) is 4. The number of rotatable bonds is 11. The predicted molar refractivity (Wildman–Crippen MR) is 154 cm³/mol. The second-order valence-electron chi connectivity index (χ2n) is 11.7. The minimum Gasteiger partial charge on any atom is -0.390 e. The lowest BCUT2D eigenvalue weighted by Crippen LogP contribution is -2.52. The number of nitrogens with zero attached hydrogens (tertiary/aromatic N) is 1. The molecule has 200 valence electrons. The third kappa shape index (κ3) is 7.89. The van der Waals surface area contributed by atoms with Gasteiger partial charge in [-0.05, 0) is 120 Å². The monoisotopic (exact) mass is 493 g/mol. The maximum Gasteiger partial charge on any atom is 0.0789 e. The first-order chi connectivity index (χ1) is 17.1. The number of hydrogen-bond donors (Lipinski definition) is 3. The number of nitrogens with one attached hydrogen (secondary N) is 1. The smallest absolute Gasteiger partial charge is 0.0789 e. The van der Waals surface area contributed by atoms with Crippen molar-refractivity contribution in [2.75, 3.05) is 19.6 Å². The van der Waals surface area contributed by atoms with Crippen LogP contribution in [0.15, 0.2) is 24.3 Å². The maximum absolute atomic E-state index is 10.0. The number of likely N-dealkylation sites (tertiary alicyclic amines) is 1. The summed E-state index contributed by atoms with van der Waals surface area (Å²) in [6.07, 6.45) is 6.40. The minimum absolute atomic E-state index is 0.336. The van der Waals surface area contributed by atoms with Gasteiger partial charge in [0.15, 0.2) is 0 Å². The van der Waals surface area contributed by atoms with Crippen LogP contribution in [0.25, 0.3) is 0 Å². The molecule has 0 saturated carbocycles. The molecule has 3 atom stereocenters. The molecule has 0 bridgehead atoms. The molecule has 1 saturated heterocycles. The second-order valence-corrected chi connectivity index (χ2v) is 11.7. The summed E-state index contributed by atoms with van der Waals surface area (Å²) in [6, 6.07) is 10.8. The lowest BCUT2D eigenvalue weighted by molar-refractivity contribution is 0.0659. The third-order valence-corrected chi connectivity index (χ3v) is 8.37. The summed E-state index contributed by atoms with van der Waals surface area (Å²) in [5.74, 6) is 0. The summed E-state index contributed by atoms with van der Waals surface area (Å²) in [4.78, 5) is 2.41. The average molecular weight is 494 g/mol. The first kappa shape index (κ1) is 28.8. The van der Waals surface area contributed by atoms with Gasteiger partial charge in [0.1, 0.15) is 0 Å². The van der Waals surface area contributed by atoms with Gasteiger partial charge in [-0.1, -0.05) is 35.4 Å². The van der Waals surface area contributed by atoms with Gasteiger partial charge in [-0.3, -0.25) is 4.90 Å². The zero-order valence-electron chi connectivity index (χ0n) is 24.0. The van der Waals surface area contributed by atoms with Gasteiger partial charge in [0.25, 0.3) is 0 Å². The normalized spacial score (nSPS) is 19.7. The fourth-order valence-corrected chi connectivity index (χ4v) is 6.48. The molecule has 4 heteroatoms. The Balaban J connectivity index is 1.70. The molecule has 0 radical (unpaired) electrons. The fraction of sp³-hybridized carbons (Fsp3) is 0.625. The van der Waals surface area contributed by atoms with Crippen LogP contribution in [0.2, 0.25) is 0 Å². The van der Waals surface area contributed by atoms with Crippen molar-refractivity contribution in [1.82, 2.24) is 10.2 Å². The minimum atomic E-state index is -0.424. The Morgan fingerprint density at radius 3 is 1.78 bits per heavy atom. The molecule has 1 aliphatic rings. The highest BCUT2D eigenvalue weighted by molar-refractivity contribution is 5.38. The van der Waals surface area contributed by atoms with Crippen LogP contribution in [-0.2, 0) is 12.8 Å². The topological polar surface area (TPSA) is 61.5 Å². The molecule has 0 amide bonds. The Hall–Kier alpha value is -1.72. The van der Waals surface area contributed by atoms with E-state index in [1.165, 1.54) is 44.5 Å². The SMILES string of the molecule is Cc1cc(C)c(CCC(CCc2c(C)cc(C)cc2C)NC2CCN(CC(O)CN)C(C)C2)c(C)c1. The number of piperidine rings is 1. The maximum atomic E-state index is 10.0. The highest BCUT2D eigenvalue weighted by Crippen LogP contribution is 2.24. The number of β-amino-alcohol motifs (C(OH)–C–C–N with tert-alkyl or cyclic N) is 1. The van der Waals surface area contributed by atoms with E-state index in [1.54, 1.807) is 0 Å². The molecule has 4 nitrogen and oxygen atoms in total. The van der Waals surface area contributed by atoms with Crippen molar-refractivity contribution < 1.29 is 5.11 Å². The summed E-state index contributed by atoms with van der Waals surface area (Å²) in [5, 5.41) is 14.1. The third-order valence-electron chi connectivity index (χ3n) is 8.37. The van der Waals surface area contributed by atoms with E-state index in [4.69, 9.17) is 5.73 Å². The number of aliphatic hydroxyl groups is 1. The van der Waals surface area contributed by atoms with E-state index >= 15 is 0 Å². The van der Waals surface area contributed by atoms with Crippen molar-refractivity contribution in [2.24, 2.45) is 5.73 Å². The molecule has 0 spiro atoms. The number of benzene rings is 2. The fourth-order valence-electron chi connectivity index (χ4n) is 6.48. The van der Waals surface area contributed by atoms with Gasteiger partial charge in [-0.15, -0.1) is 0 Å². The van der Waals surface area contributed by atoms with Gasteiger partial charge in [0, 0.05) is 37.8 Å². The quantitative estimate of drug-likeness (QED) is 0.401. The Labute approximate surface area is 220 Å². The molecule has 3 unspecified atom stereocenters. The van der Waals surface area contributed by atoms with Crippen LogP contribution in [0, 0.1) is 41.5 Å². The Morgan fingerprint density at radius 1 is 0.889 bits per heavy atom. The highest BCUT2D eigenvalue weighted by Gasteiger charge is 2.28. The van der Waals surface area contributed by atoms with Gasteiger partial charge in [-0.2, -0.15) is 0 Å². The molecule has 0 aromatic heterocycles. The van der Waals surface area contributed by atoms with E-state index < -0.39 is 6.10 Å². The largest absolute Gasteiger partial charge is 0.390 e. The summed E-state index contributed by atoms with van der Waals surface area (Å²) >= 11 is 0. The van der Waals surface area contributed by atoms with Gasteiger partial charge >= 0.3 is 0 Å². The summed E-state index contributed by atoms with van der Waals surface area (Å²) in [7, 11) is 0. The molecule has 1 heterocycles. The van der Waals surface area contributed by atoms with Crippen LogP contribution in [-0.4, -0.2) is 53.9 Å². The first-order valence-electron chi connectivity index (χ1n) is 14.1. The van der Waals surface area contributed by atoms with Crippen molar-refractivity contribution in [3.8, 4) is 0 Å². The zero-order chi connectivity index (χ0) is 26.4. The van der Waals surface area contributed by atoms with Crippen molar-refractivity contribution in [1.29, 1.82) is 0 Å². The van der Waals surface area contributed by atoms with Crippen LogP contribution in [0.4, 0.5) is 0 Å². The summed E-state index contributed by atoms with van der Waals surface area (Å²) in [5.41, 5.74) is 17.1. The predicted octanol–water partition coefficient (Wildman–Crippen LogP) is 5.23. The Bertz CT molecular complexity index is 893. The van der Waals surface area contributed by atoms with Crippen LogP contribution >= 0.6 is 0 Å². The zero-order valence-corrected chi connectivity index (χ0v) is 24.0. The number of aliphatic hydroxyl groups excluding tert-OH is 1.